The van der Waals surface area contributed by atoms with E-state index in [0.717, 1.165) is 16.7 Å². The number of hydrogen-bond donors (Lipinski definition) is 1. The van der Waals surface area contributed by atoms with Crippen molar-refractivity contribution in [3.8, 4) is 11.5 Å². The minimum Gasteiger partial charge on any atom is -0.493 e. The fourth-order valence-electron chi connectivity index (χ4n) is 5.01. The maximum Gasteiger partial charge on any atom is 0.329 e. The monoisotopic (exact) mass is 647 g/mol. The summed E-state index contributed by atoms with van der Waals surface area (Å²) in [7, 11) is 3.04. The Morgan fingerprint density at radius 1 is 1.04 bits per heavy atom. The molecule has 1 N–H and O–H groups in total. The number of fused-ring (bicyclic) bond motifs is 1. The number of rotatable bonds is 18. The molecule has 13 nitrogen and oxygen atoms in total. The molecule has 3 atom stereocenters. The van der Waals surface area contributed by atoms with Crippen molar-refractivity contribution >= 4 is 29.6 Å². The predicted molar refractivity (Wildman–Crippen MR) is 167 cm³/mol. The number of benzene rings is 2. The van der Waals surface area contributed by atoms with Gasteiger partial charge in [-0.3, -0.25) is 14.9 Å². The van der Waals surface area contributed by atoms with E-state index >= 15 is 0 Å². The highest BCUT2D eigenvalue weighted by Gasteiger charge is 2.39. The van der Waals surface area contributed by atoms with Crippen molar-refractivity contribution < 1.29 is 43.3 Å². The lowest BCUT2D eigenvalue weighted by Crippen LogP contribution is -2.56. The maximum absolute atomic E-state index is 14.0. The number of amides is 1. The van der Waals surface area contributed by atoms with Gasteiger partial charge in [0.1, 0.15) is 25.3 Å². The first-order chi connectivity index (χ1) is 21.7. The van der Waals surface area contributed by atoms with E-state index in [1.165, 1.54) is 30.9 Å². The van der Waals surface area contributed by atoms with Crippen LogP contribution in [0, 0.1) is 10.1 Å². The van der Waals surface area contributed by atoms with Crippen molar-refractivity contribution in [3.05, 3.63) is 69.3 Å². The molecule has 1 heterocycles. The van der Waals surface area contributed by atoms with Crippen LogP contribution in [0.3, 0.4) is 0 Å². The number of carbonyl (C=O) groups excluding carboxylic acids is 3. The standard InChI is InChI=1S/C31H41N3O10S/c1-5-42-30(36)25(12-11-22-9-7-6-8-10-22)32-21(2)29(35)33-20-24-19-28(41-4)27(40-3)18-23(24)17-26(33)31(37)43-13-15-45-16-14-44-34(38)39/h6-10,18-19,21,25-26,32H,5,11-17,20H2,1-4H3. The molecule has 0 saturated carbocycles. The fourth-order valence-corrected chi connectivity index (χ4v) is 5.61. The fraction of sp³-hybridized carbons (Fsp3) is 0.516. The first-order valence-corrected chi connectivity index (χ1v) is 15.9. The van der Waals surface area contributed by atoms with Crippen molar-refractivity contribution in [1.29, 1.82) is 0 Å². The van der Waals surface area contributed by atoms with Crippen LogP contribution in [0.25, 0.3) is 0 Å². The molecule has 246 valence electrons. The van der Waals surface area contributed by atoms with Crippen LogP contribution >= 0.6 is 11.8 Å². The number of nitrogens with zero attached hydrogens (tertiary/aromatic N) is 2. The number of carbonyl (C=O) groups is 3. The Kier molecular flexibility index (Phi) is 14.2. The third kappa shape index (κ3) is 10.5. The van der Waals surface area contributed by atoms with E-state index in [2.05, 4.69) is 10.2 Å². The average Bonchev–Trinajstić information content (AvgIpc) is 3.04. The van der Waals surface area contributed by atoms with E-state index in [0.29, 0.717) is 35.8 Å². The molecule has 14 heteroatoms. The van der Waals surface area contributed by atoms with Crippen LogP contribution in [0.4, 0.5) is 0 Å². The lowest BCUT2D eigenvalue weighted by atomic mass is 9.92. The van der Waals surface area contributed by atoms with Gasteiger partial charge in [-0.25, -0.2) is 4.79 Å². The minimum absolute atomic E-state index is 0.0531. The summed E-state index contributed by atoms with van der Waals surface area (Å²) in [4.78, 5) is 56.3. The largest absolute Gasteiger partial charge is 0.493 e. The molecule has 1 aliphatic rings. The van der Waals surface area contributed by atoms with Crippen LogP contribution in [0.5, 0.6) is 11.5 Å². The van der Waals surface area contributed by atoms with Gasteiger partial charge in [-0.2, -0.15) is 11.8 Å². The summed E-state index contributed by atoms with van der Waals surface area (Å²) in [6, 6.07) is 10.8. The Morgan fingerprint density at radius 3 is 2.36 bits per heavy atom. The molecule has 45 heavy (non-hydrogen) atoms. The van der Waals surface area contributed by atoms with Gasteiger partial charge < -0.3 is 28.7 Å². The summed E-state index contributed by atoms with van der Waals surface area (Å²) >= 11 is 1.34. The van der Waals surface area contributed by atoms with Gasteiger partial charge in [-0.1, -0.05) is 30.3 Å². The number of nitrogens with one attached hydrogen (secondary N) is 1. The molecule has 0 radical (unpaired) electrons. The van der Waals surface area contributed by atoms with E-state index in [-0.39, 0.29) is 38.7 Å². The Balaban J connectivity index is 1.76. The van der Waals surface area contributed by atoms with Crippen molar-refractivity contribution in [3.63, 3.8) is 0 Å². The van der Waals surface area contributed by atoms with Gasteiger partial charge in [0.05, 0.1) is 26.9 Å². The second kappa shape index (κ2) is 18.1. The number of aryl methyl sites for hydroxylation is 1. The van der Waals surface area contributed by atoms with Crippen LogP contribution in [0.1, 0.15) is 37.0 Å². The molecule has 0 bridgehead atoms. The number of thioether (sulfide) groups is 1. The zero-order valence-electron chi connectivity index (χ0n) is 26.0. The topological polar surface area (TPSA) is 156 Å². The summed E-state index contributed by atoms with van der Waals surface area (Å²) in [5, 5.41) is 12.6. The van der Waals surface area contributed by atoms with Gasteiger partial charge in [0.25, 0.3) is 5.09 Å². The normalized spacial score (nSPS) is 15.3. The second-order valence-electron chi connectivity index (χ2n) is 10.2. The Labute approximate surface area is 267 Å². The third-order valence-corrected chi connectivity index (χ3v) is 8.16. The summed E-state index contributed by atoms with van der Waals surface area (Å²) in [5.74, 6) is 0.346. The van der Waals surface area contributed by atoms with Crippen molar-refractivity contribution in [1.82, 2.24) is 10.2 Å². The third-order valence-electron chi connectivity index (χ3n) is 7.24. The van der Waals surface area contributed by atoms with Gasteiger partial charge in [-0.15, -0.1) is 10.1 Å². The molecule has 2 aromatic rings. The first-order valence-electron chi connectivity index (χ1n) is 14.7. The van der Waals surface area contributed by atoms with Crippen LogP contribution in [0.15, 0.2) is 42.5 Å². The summed E-state index contributed by atoms with van der Waals surface area (Å²) in [5.41, 5.74) is 2.67. The molecule has 1 amide bonds. The Hall–Kier alpha value is -4.04. The zero-order chi connectivity index (χ0) is 32.8. The summed E-state index contributed by atoms with van der Waals surface area (Å²) in [6.45, 7) is 3.69. The average molecular weight is 648 g/mol. The van der Waals surface area contributed by atoms with E-state index in [4.69, 9.17) is 18.9 Å². The number of hydrogen-bond acceptors (Lipinski definition) is 12. The SMILES string of the molecule is CCOC(=O)C(CCc1ccccc1)NC(C)C(=O)N1Cc2cc(OC)c(OC)cc2CC1C(=O)OCCSCCO[N+](=O)[O-]. The Bertz CT molecular complexity index is 1300. The second-order valence-corrected chi connectivity index (χ2v) is 11.4. The zero-order valence-corrected chi connectivity index (χ0v) is 26.8. The molecule has 0 aliphatic carbocycles. The van der Waals surface area contributed by atoms with Crippen LogP contribution in [-0.4, -0.2) is 91.5 Å². The van der Waals surface area contributed by atoms with Gasteiger partial charge in [0.2, 0.25) is 5.91 Å². The summed E-state index contributed by atoms with van der Waals surface area (Å²) in [6.07, 6.45) is 1.20. The van der Waals surface area contributed by atoms with E-state index in [9.17, 15) is 24.5 Å². The lowest BCUT2D eigenvalue weighted by Gasteiger charge is -2.37. The lowest BCUT2D eigenvalue weighted by molar-refractivity contribution is -0.756. The van der Waals surface area contributed by atoms with Crippen molar-refractivity contribution in [2.75, 3.05) is 45.5 Å². The summed E-state index contributed by atoms with van der Waals surface area (Å²) < 4.78 is 21.7. The highest BCUT2D eigenvalue weighted by atomic mass is 32.2. The molecular weight excluding hydrogens is 606 g/mol. The van der Waals surface area contributed by atoms with Crippen LogP contribution in [-0.2, 0) is 48.1 Å². The van der Waals surface area contributed by atoms with E-state index in [1.54, 1.807) is 26.0 Å². The van der Waals surface area contributed by atoms with Crippen molar-refractivity contribution in [2.45, 2.75) is 57.8 Å². The first kappa shape index (κ1) is 35.4. The van der Waals surface area contributed by atoms with Crippen LogP contribution < -0.4 is 14.8 Å². The quantitative estimate of drug-likeness (QED) is 0.109. The van der Waals surface area contributed by atoms with E-state index < -0.39 is 35.2 Å². The number of esters is 2. The molecule has 2 aromatic carbocycles. The molecule has 0 saturated heterocycles. The van der Waals surface area contributed by atoms with Gasteiger partial charge in [0.15, 0.2) is 11.5 Å². The van der Waals surface area contributed by atoms with Gasteiger partial charge in [-0.05, 0) is 55.5 Å². The molecular formula is C31H41N3O10S. The smallest absolute Gasteiger partial charge is 0.329 e. The molecule has 3 rings (SSSR count). The van der Waals surface area contributed by atoms with Gasteiger partial charge in [0, 0.05) is 24.5 Å². The van der Waals surface area contributed by atoms with Gasteiger partial charge >= 0.3 is 11.9 Å². The highest BCUT2D eigenvalue weighted by molar-refractivity contribution is 7.99. The van der Waals surface area contributed by atoms with E-state index in [1.807, 2.05) is 30.3 Å². The maximum atomic E-state index is 14.0. The molecule has 3 unspecified atom stereocenters. The minimum atomic E-state index is -0.930. The van der Waals surface area contributed by atoms with Crippen LogP contribution in [0.2, 0.25) is 0 Å². The molecule has 0 fully saturated rings. The van der Waals surface area contributed by atoms with Crippen molar-refractivity contribution in [2.24, 2.45) is 0 Å². The Morgan fingerprint density at radius 2 is 1.71 bits per heavy atom. The molecule has 1 aliphatic heterocycles. The predicted octanol–water partition coefficient (Wildman–Crippen LogP) is 2.98. The molecule has 0 aromatic heterocycles. The highest BCUT2D eigenvalue weighted by Crippen LogP contribution is 2.35. The number of ether oxygens (including phenoxy) is 4. The molecule has 0 spiro atoms. The number of methoxy groups -OCH3 is 2.